The first-order valence-corrected chi connectivity index (χ1v) is 5.80. The minimum atomic E-state index is 0.727. The third-order valence-electron chi connectivity index (χ3n) is 3.29. The molecule has 1 heterocycles. The van der Waals surface area contributed by atoms with Crippen molar-refractivity contribution in [2.75, 3.05) is 5.73 Å². The topological polar surface area (TPSA) is 35.2 Å². The molecule has 0 bridgehead atoms. The molecule has 0 saturated heterocycles. The highest BCUT2D eigenvalue weighted by Crippen LogP contribution is 2.29. The van der Waals surface area contributed by atoms with Crippen LogP contribution in [0.25, 0.3) is 11.1 Å². The maximum atomic E-state index is 5.85. The number of anilines is 1. The second-order valence-electron chi connectivity index (χ2n) is 4.55. The van der Waals surface area contributed by atoms with E-state index in [9.17, 15) is 0 Å². The number of nitrogens with two attached hydrogens (primary N) is 1. The fraction of sp³-hybridized carbons (Fsp3) is 0.200. The largest absolute Gasteiger partial charge is 0.399 e. The van der Waals surface area contributed by atoms with Crippen molar-refractivity contribution < 1.29 is 4.74 Å². The van der Waals surface area contributed by atoms with E-state index in [0.29, 0.717) is 0 Å². The molecule has 0 fully saturated rings. The third kappa shape index (κ3) is 1.81. The molecule has 2 N–H and O–H groups in total. The van der Waals surface area contributed by atoms with Crippen molar-refractivity contribution in [2.24, 2.45) is 0 Å². The summed E-state index contributed by atoms with van der Waals surface area (Å²) < 4.78 is 5.44. The molecular formula is C15H15NO. The average molecular weight is 225 g/mol. The predicted octanol–water partition coefficient (Wildman–Crippen LogP) is 3.27. The lowest BCUT2D eigenvalue weighted by molar-refractivity contribution is 0.134. The van der Waals surface area contributed by atoms with Crippen molar-refractivity contribution in [1.82, 2.24) is 0 Å². The van der Waals surface area contributed by atoms with Gasteiger partial charge < -0.3 is 10.5 Å². The standard InChI is InChI=1S/C15H15NO/c1-10-2-5-14(16)7-15(10)11-3-4-12-8-17-9-13(12)6-11/h2-7H,8-9,16H2,1H3. The van der Waals surface area contributed by atoms with Gasteiger partial charge in [0, 0.05) is 5.69 Å². The van der Waals surface area contributed by atoms with Crippen LogP contribution in [0.15, 0.2) is 36.4 Å². The zero-order valence-electron chi connectivity index (χ0n) is 9.86. The van der Waals surface area contributed by atoms with Crippen LogP contribution in [0.4, 0.5) is 5.69 Å². The van der Waals surface area contributed by atoms with E-state index in [1.807, 2.05) is 12.1 Å². The van der Waals surface area contributed by atoms with E-state index < -0.39 is 0 Å². The molecule has 0 atom stereocenters. The monoisotopic (exact) mass is 225 g/mol. The second-order valence-corrected chi connectivity index (χ2v) is 4.55. The number of rotatable bonds is 1. The molecule has 3 rings (SSSR count). The molecule has 86 valence electrons. The molecule has 2 nitrogen and oxygen atoms in total. The second kappa shape index (κ2) is 3.90. The molecule has 0 saturated carbocycles. The van der Waals surface area contributed by atoms with Crippen LogP contribution in [-0.4, -0.2) is 0 Å². The molecule has 2 aromatic carbocycles. The highest BCUT2D eigenvalue weighted by molar-refractivity contribution is 5.71. The lowest BCUT2D eigenvalue weighted by Crippen LogP contribution is -1.90. The number of hydrogen-bond donors (Lipinski definition) is 1. The van der Waals surface area contributed by atoms with Crippen LogP contribution >= 0.6 is 0 Å². The van der Waals surface area contributed by atoms with Gasteiger partial charge in [-0.25, -0.2) is 0 Å². The first-order chi connectivity index (χ1) is 8.24. The normalized spacial score (nSPS) is 13.7. The molecule has 17 heavy (non-hydrogen) atoms. The number of ether oxygens (including phenoxy) is 1. The van der Waals surface area contributed by atoms with Gasteiger partial charge in [-0.05, 0) is 52.9 Å². The highest BCUT2D eigenvalue weighted by atomic mass is 16.5. The Morgan fingerprint density at radius 2 is 1.82 bits per heavy atom. The predicted molar refractivity (Wildman–Crippen MR) is 69.5 cm³/mol. The smallest absolute Gasteiger partial charge is 0.0725 e. The summed E-state index contributed by atoms with van der Waals surface area (Å²) in [6.07, 6.45) is 0. The van der Waals surface area contributed by atoms with E-state index in [1.54, 1.807) is 0 Å². The quantitative estimate of drug-likeness (QED) is 0.756. The summed E-state index contributed by atoms with van der Waals surface area (Å²) in [4.78, 5) is 0. The fourth-order valence-corrected chi connectivity index (χ4v) is 2.29. The Hall–Kier alpha value is -1.80. The molecule has 2 heteroatoms. The van der Waals surface area contributed by atoms with Gasteiger partial charge in [0.15, 0.2) is 0 Å². The molecule has 0 aromatic heterocycles. The Morgan fingerprint density at radius 3 is 2.71 bits per heavy atom. The maximum Gasteiger partial charge on any atom is 0.0725 e. The van der Waals surface area contributed by atoms with Gasteiger partial charge in [-0.2, -0.15) is 0 Å². The fourth-order valence-electron chi connectivity index (χ4n) is 2.29. The number of aryl methyl sites for hydroxylation is 1. The van der Waals surface area contributed by atoms with Crippen LogP contribution in [0.1, 0.15) is 16.7 Å². The Bertz CT molecular complexity index is 575. The van der Waals surface area contributed by atoms with Gasteiger partial charge in [-0.15, -0.1) is 0 Å². The van der Waals surface area contributed by atoms with E-state index in [4.69, 9.17) is 10.5 Å². The van der Waals surface area contributed by atoms with Gasteiger partial charge in [-0.3, -0.25) is 0 Å². The van der Waals surface area contributed by atoms with E-state index in [-0.39, 0.29) is 0 Å². The molecule has 0 unspecified atom stereocenters. The first kappa shape index (κ1) is 10.4. The molecule has 1 aliphatic rings. The Morgan fingerprint density at radius 1 is 1.00 bits per heavy atom. The van der Waals surface area contributed by atoms with Crippen LogP contribution in [-0.2, 0) is 18.0 Å². The van der Waals surface area contributed by atoms with Crippen LogP contribution in [0.3, 0.4) is 0 Å². The van der Waals surface area contributed by atoms with Crippen molar-refractivity contribution in [2.45, 2.75) is 20.1 Å². The Balaban J connectivity index is 2.12. The number of fused-ring (bicyclic) bond motifs is 1. The van der Waals surface area contributed by atoms with Crippen LogP contribution in [0, 0.1) is 6.92 Å². The van der Waals surface area contributed by atoms with Crippen molar-refractivity contribution in [1.29, 1.82) is 0 Å². The molecule has 2 aromatic rings. The maximum absolute atomic E-state index is 5.85. The van der Waals surface area contributed by atoms with Gasteiger partial charge in [0.2, 0.25) is 0 Å². The zero-order valence-corrected chi connectivity index (χ0v) is 9.86. The van der Waals surface area contributed by atoms with Crippen LogP contribution < -0.4 is 5.73 Å². The molecule has 0 amide bonds. The number of benzene rings is 2. The van der Waals surface area contributed by atoms with Crippen molar-refractivity contribution in [3.8, 4) is 11.1 Å². The first-order valence-electron chi connectivity index (χ1n) is 5.80. The van der Waals surface area contributed by atoms with Gasteiger partial charge >= 0.3 is 0 Å². The number of hydrogen-bond acceptors (Lipinski definition) is 2. The lowest BCUT2D eigenvalue weighted by Gasteiger charge is -2.08. The van der Waals surface area contributed by atoms with E-state index >= 15 is 0 Å². The molecular weight excluding hydrogens is 210 g/mol. The van der Waals surface area contributed by atoms with Crippen molar-refractivity contribution >= 4 is 5.69 Å². The molecule has 0 spiro atoms. The van der Waals surface area contributed by atoms with E-state index in [1.165, 1.54) is 27.8 Å². The summed E-state index contributed by atoms with van der Waals surface area (Å²) in [6, 6.07) is 12.6. The van der Waals surface area contributed by atoms with Crippen molar-refractivity contribution in [3.63, 3.8) is 0 Å². The van der Waals surface area contributed by atoms with Gasteiger partial charge in [0.1, 0.15) is 0 Å². The van der Waals surface area contributed by atoms with E-state index in [2.05, 4.69) is 31.2 Å². The summed E-state index contributed by atoms with van der Waals surface area (Å²) in [7, 11) is 0. The van der Waals surface area contributed by atoms with E-state index in [0.717, 1.165) is 18.9 Å². The third-order valence-corrected chi connectivity index (χ3v) is 3.29. The molecule has 0 aliphatic carbocycles. The zero-order chi connectivity index (χ0) is 11.8. The minimum absolute atomic E-state index is 0.727. The van der Waals surface area contributed by atoms with Gasteiger partial charge in [0.25, 0.3) is 0 Å². The highest BCUT2D eigenvalue weighted by Gasteiger charge is 2.12. The Labute approximate surface area is 101 Å². The van der Waals surface area contributed by atoms with Crippen LogP contribution in [0.5, 0.6) is 0 Å². The van der Waals surface area contributed by atoms with Crippen LogP contribution in [0.2, 0.25) is 0 Å². The summed E-state index contributed by atoms with van der Waals surface area (Å²) in [6.45, 7) is 3.58. The number of nitrogen functional groups attached to an aromatic ring is 1. The lowest BCUT2D eigenvalue weighted by atomic mass is 9.97. The van der Waals surface area contributed by atoms with Crippen molar-refractivity contribution in [3.05, 3.63) is 53.1 Å². The van der Waals surface area contributed by atoms with Gasteiger partial charge in [-0.1, -0.05) is 18.2 Å². The summed E-state index contributed by atoms with van der Waals surface area (Å²) >= 11 is 0. The summed E-state index contributed by atoms with van der Waals surface area (Å²) in [5.41, 5.74) is 12.9. The SMILES string of the molecule is Cc1ccc(N)cc1-c1ccc2c(c1)COC2. The molecule has 1 aliphatic heterocycles. The summed E-state index contributed by atoms with van der Waals surface area (Å²) in [5, 5.41) is 0. The minimum Gasteiger partial charge on any atom is -0.399 e. The summed E-state index contributed by atoms with van der Waals surface area (Å²) in [5.74, 6) is 0. The average Bonchev–Trinajstić information content (AvgIpc) is 2.79. The Kier molecular flexibility index (Phi) is 2.37. The van der Waals surface area contributed by atoms with Gasteiger partial charge in [0.05, 0.1) is 13.2 Å². The molecule has 0 radical (unpaired) electrons.